The Balaban J connectivity index is 1.87. The number of benzene rings is 1. The molecular formula is C23H25NO7. The predicted octanol–water partition coefficient (Wildman–Crippen LogP) is 2.59. The Labute approximate surface area is 180 Å². The Morgan fingerprint density at radius 2 is 1.97 bits per heavy atom. The largest absolute Gasteiger partial charge is 0.468 e. The molecule has 3 aliphatic rings. The fraction of sp³-hybridized carbons (Fsp3) is 0.435. The van der Waals surface area contributed by atoms with E-state index in [-0.39, 0.29) is 25.1 Å². The lowest BCUT2D eigenvalue weighted by molar-refractivity contribution is -0.151. The average Bonchev–Trinajstić information content (AvgIpc) is 3.20. The van der Waals surface area contributed by atoms with Crippen LogP contribution in [0.25, 0.3) is 0 Å². The Morgan fingerprint density at radius 3 is 2.68 bits per heavy atom. The monoisotopic (exact) mass is 427 g/mol. The summed E-state index contributed by atoms with van der Waals surface area (Å²) in [4.78, 5) is 38.9. The molecule has 0 radical (unpaired) electrons. The lowest BCUT2D eigenvalue weighted by Gasteiger charge is -2.38. The van der Waals surface area contributed by atoms with E-state index in [9.17, 15) is 14.4 Å². The number of rotatable bonds is 4. The normalized spacial score (nSPS) is 24.5. The number of carbonyl (C=O) groups is 3. The summed E-state index contributed by atoms with van der Waals surface area (Å²) in [6.07, 6.45) is 0.481. The minimum atomic E-state index is -0.927. The van der Waals surface area contributed by atoms with E-state index < -0.39 is 23.8 Å². The first-order valence-corrected chi connectivity index (χ1v) is 10.3. The Kier molecular flexibility index (Phi) is 5.47. The molecule has 8 nitrogen and oxygen atoms in total. The van der Waals surface area contributed by atoms with Gasteiger partial charge >= 0.3 is 11.9 Å². The number of methoxy groups -OCH3 is 1. The molecule has 4 rings (SSSR count). The van der Waals surface area contributed by atoms with E-state index in [1.807, 2.05) is 6.92 Å². The second-order valence-corrected chi connectivity index (χ2v) is 7.87. The molecule has 0 fully saturated rings. The zero-order valence-corrected chi connectivity index (χ0v) is 17.9. The summed E-state index contributed by atoms with van der Waals surface area (Å²) in [6, 6.07) is 5.33. The highest BCUT2D eigenvalue weighted by atomic mass is 16.7. The van der Waals surface area contributed by atoms with Crippen LogP contribution in [0.4, 0.5) is 0 Å². The van der Waals surface area contributed by atoms with Gasteiger partial charge in [0, 0.05) is 22.9 Å². The number of ether oxygens (including phenoxy) is 4. The van der Waals surface area contributed by atoms with E-state index >= 15 is 0 Å². The number of ketones is 1. The Bertz CT molecular complexity index is 1020. The van der Waals surface area contributed by atoms with Crippen molar-refractivity contribution in [2.75, 3.05) is 20.5 Å². The molecule has 1 aromatic rings. The van der Waals surface area contributed by atoms with Gasteiger partial charge in [0.1, 0.15) is 5.92 Å². The van der Waals surface area contributed by atoms with E-state index in [0.29, 0.717) is 46.0 Å². The van der Waals surface area contributed by atoms with E-state index in [0.717, 1.165) is 0 Å². The summed E-state index contributed by atoms with van der Waals surface area (Å²) < 4.78 is 21.1. The smallest absolute Gasteiger partial charge is 0.336 e. The van der Waals surface area contributed by atoms with Crippen LogP contribution < -0.4 is 14.8 Å². The lowest BCUT2D eigenvalue weighted by atomic mass is 9.69. The molecule has 0 saturated carbocycles. The summed E-state index contributed by atoms with van der Waals surface area (Å²) in [6.45, 7) is 5.67. The molecule has 2 aliphatic heterocycles. The molecule has 1 aromatic carbocycles. The highest BCUT2D eigenvalue weighted by Gasteiger charge is 2.47. The van der Waals surface area contributed by atoms with Crippen molar-refractivity contribution in [1.29, 1.82) is 0 Å². The van der Waals surface area contributed by atoms with Crippen LogP contribution in [0, 0.1) is 11.8 Å². The SMILES string of the molecule is CCOC(=O)C1=C(C)NC2=C(C(=O)[C@@H](C(=O)OC)[C@H](C)C2)[C@H]1c1ccc2c(c1)OCO2. The summed E-state index contributed by atoms with van der Waals surface area (Å²) >= 11 is 0. The fourth-order valence-electron chi connectivity index (χ4n) is 4.59. The maximum Gasteiger partial charge on any atom is 0.336 e. The van der Waals surface area contributed by atoms with Gasteiger partial charge in [-0.3, -0.25) is 9.59 Å². The fourth-order valence-corrected chi connectivity index (χ4v) is 4.59. The molecule has 0 aromatic heterocycles. The summed E-state index contributed by atoms with van der Waals surface area (Å²) in [5.41, 5.74) is 2.75. The van der Waals surface area contributed by atoms with Crippen LogP contribution in [0.15, 0.2) is 40.7 Å². The van der Waals surface area contributed by atoms with Crippen molar-refractivity contribution in [3.8, 4) is 11.5 Å². The van der Waals surface area contributed by atoms with Crippen LogP contribution in [0.5, 0.6) is 11.5 Å². The molecule has 1 N–H and O–H groups in total. The van der Waals surface area contributed by atoms with Crippen LogP contribution in [-0.2, 0) is 23.9 Å². The zero-order valence-electron chi connectivity index (χ0n) is 17.9. The zero-order chi connectivity index (χ0) is 22.3. The first kappa shape index (κ1) is 21.0. The van der Waals surface area contributed by atoms with Gasteiger partial charge in [-0.05, 0) is 43.9 Å². The molecule has 8 heteroatoms. The van der Waals surface area contributed by atoms with Gasteiger partial charge in [-0.1, -0.05) is 13.0 Å². The van der Waals surface area contributed by atoms with Crippen LogP contribution in [0.3, 0.4) is 0 Å². The molecular weight excluding hydrogens is 402 g/mol. The van der Waals surface area contributed by atoms with Crippen molar-refractivity contribution in [3.05, 3.63) is 46.3 Å². The van der Waals surface area contributed by atoms with Crippen LogP contribution in [-0.4, -0.2) is 38.2 Å². The molecule has 0 saturated heterocycles. The molecule has 0 spiro atoms. The van der Waals surface area contributed by atoms with Gasteiger partial charge in [0.2, 0.25) is 6.79 Å². The first-order valence-electron chi connectivity index (χ1n) is 10.3. The number of fused-ring (bicyclic) bond motifs is 1. The van der Waals surface area contributed by atoms with E-state index in [2.05, 4.69) is 5.32 Å². The molecule has 1 aliphatic carbocycles. The standard InChI is InChI=1S/C23H25NO7/c1-5-29-23(27)18-12(3)24-14-8-11(2)17(22(26)28-4)21(25)20(14)19(18)13-6-7-15-16(9-13)31-10-30-15/h6-7,9,11,17,19,24H,5,8,10H2,1-4H3/t11-,17+,19+/m1/s1. The van der Waals surface area contributed by atoms with E-state index in [1.165, 1.54) is 7.11 Å². The Hall–Kier alpha value is -3.29. The number of carbonyl (C=O) groups excluding carboxylic acids is 3. The van der Waals surface area contributed by atoms with Crippen molar-refractivity contribution in [3.63, 3.8) is 0 Å². The Morgan fingerprint density at radius 1 is 1.23 bits per heavy atom. The van der Waals surface area contributed by atoms with Crippen LogP contribution in [0.2, 0.25) is 0 Å². The van der Waals surface area contributed by atoms with E-state index in [4.69, 9.17) is 18.9 Å². The van der Waals surface area contributed by atoms with Crippen molar-refractivity contribution in [2.24, 2.45) is 11.8 Å². The summed E-state index contributed by atoms with van der Waals surface area (Å²) in [7, 11) is 1.27. The van der Waals surface area contributed by atoms with E-state index in [1.54, 1.807) is 32.0 Å². The van der Waals surface area contributed by atoms with Crippen LogP contribution in [0.1, 0.15) is 38.7 Å². The maximum absolute atomic E-state index is 13.6. The number of Topliss-reactive ketones (excluding diaryl/α,β-unsaturated/α-hetero) is 1. The molecule has 164 valence electrons. The minimum absolute atomic E-state index is 0.111. The molecule has 0 amide bonds. The van der Waals surface area contributed by atoms with Gasteiger partial charge in [-0.25, -0.2) is 4.79 Å². The molecule has 0 unspecified atom stereocenters. The lowest BCUT2D eigenvalue weighted by Crippen LogP contribution is -2.43. The van der Waals surface area contributed by atoms with Crippen molar-refractivity contribution in [2.45, 2.75) is 33.1 Å². The summed E-state index contributed by atoms with van der Waals surface area (Å²) in [5.74, 6) is -2.15. The quantitative estimate of drug-likeness (QED) is 0.578. The topological polar surface area (TPSA) is 100 Å². The van der Waals surface area contributed by atoms with Gasteiger partial charge in [0.25, 0.3) is 0 Å². The van der Waals surface area contributed by atoms with Gasteiger partial charge in [0.15, 0.2) is 17.3 Å². The number of allylic oxidation sites excluding steroid dienone is 3. The summed E-state index contributed by atoms with van der Waals surface area (Å²) in [5, 5.41) is 3.23. The second kappa shape index (κ2) is 8.09. The highest BCUT2D eigenvalue weighted by Crippen LogP contribution is 2.47. The minimum Gasteiger partial charge on any atom is -0.468 e. The number of nitrogens with one attached hydrogen (secondary N) is 1. The predicted molar refractivity (Wildman–Crippen MR) is 109 cm³/mol. The van der Waals surface area contributed by atoms with Crippen molar-refractivity contribution >= 4 is 17.7 Å². The number of hydrogen-bond donors (Lipinski definition) is 1. The third-order valence-corrected chi connectivity index (χ3v) is 5.97. The van der Waals surface area contributed by atoms with Gasteiger partial charge in [0.05, 0.1) is 19.3 Å². The van der Waals surface area contributed by atoms with Crippen molar-refractivity contribution in [1.82, 2.24) is 5.32 Å². The third kappa shape index (κ3) is 3.45. The van der Waals surface area contributed by atoms with Gasteiger partial charge < -0.3 is 24.3 Å². The molecule has 31 heavy (non-hydrogen) atoms. The maximum atomic E-state index is 13.6. The number of dihydropyridines is 1. The third-order valence-electron chi connectivity index (χ3n) is 5.97. The average molecular weight is 427 g/mol. The second-order valence-electron chi connectivity index (χ2n) is 7.87. The van der Waals surface area contributed by atoms with Crippen molar-refractivity contribution < 1.29 is 33.3 Å². The number of hydrogen-bond acceptors (Lipinski definition) is 8. The highest BCUT2D eigenvalue weighted by molar-refractivity contribution is 6.12. The van der Waals surface area contributed by atoms with Gasteiger partial charge in [-0.15, -0.1) is 0 Å². The number of esters is 2. The van der Waals surface area contributed by atoms with Crippen LogP contribution >= 0.6 is 0 Å². The first-order chi connectivity index (χ1) is 14.9. The molecule has 2 heterocycles. The molecule has 0 bridgehead atoms. The van der Waals surface area contributed by atoms with Gasteiger partial charge in [-0.2, -0.15) is 0 Å². The molecule has 3 atom stereocenters.